The molecule has 1 atom stereocenters. The first-order chi connectivity index (χ1) is 55.2. The molecule has 0 aliphatic heterocycles. The first-order valence-corrected chi connectivity index (χ1v) is 38.5. The SMILES string of the molecule is CCc1ccc2c(n1)oc1c(-c3cc(C(C)C)cc[n+]3C)c(C)ccc12.Cc1ccc2c(n1)oc1c(-c3cc(C(C)C)cc[n+]3C)c(C)ccc12.[2H]C1([2H])CCCC([2H])([2H])C1([2H])c1ccc2c(n1)oc1c(-c3cc(CC)cc[n+]3C)c(C)ccc12.[2H]C1([2H])CCCC1([2H])c1ccc2c(n1)oc1c(-c3cc(CC)cc[n+]3C)c(C)ccc12. The molecule has 0 radical (unpaired) electrons. The zero-order valence-electron chi connectivity index (χ0n) is 73.4. The zero-order valence-corrected chi connectivity index (χ0v) is 65.4. The van der Waals surface area contributed by atoms with Crippen LogP contribution in [0.5, 0.6) is 0 Å². The van der Waals surface area contributed by atoms with Crippen molar-refractivity contribution in [1.82, 2.24) is 19.9 Å². The molecule has 0 saturated heterocycles. The highest BCUT2D eigenvalue weighted by molar-refractivity contribution is 6.12. The molecule has 12 aromatic heterocycles. The van der Waals surface area contributed by atoms with Crippen LogP contribution < -0.4 is 18.3 Å². The van der Waals surface area contributed by atoms with Crippen LogP contribution in [0.4, 0.5) is 0 Å². The van der Waals surface area contributed by atoms with Crippen molar-refractivity contribution in [3.05, 3.63) is 238 Å². The van der Waals surface area contributed by atoms with E-state index in [0.717, 1.165) is 141 Å². The number of rotatable bonds is 11. The Hall–Kier alpha value is -10.7. The zero-order chi connectivity index (χ0) is 82.6. The number of pyridine rings is 8. The lowest BCUT2D eigenvalue weighted by Gasteiger charge is -2.20. The number of furan rings is 4. The van der Waals surface area contributed by atoms with Crippen LogP contribution >= 0.6 is 0 Å². The maximum Gasteiger partial charge on any atom is 0.227 e. The van der Waals surface area contributed by atoms with Crippen LogP contribution in [-0.4, -0.2) is 19.9 Å². The van der Waals surface area contributed by atoms with E-state index in [1.54, 1.807) is 12.1 Å². The van der Waals surface area contributed by atoms with Crippen LogP contribution in [0, 0.1) is 34.6 Å². The summed E-state index contributed by atoms with van der Waals surface area (Å²) in [5.41, 5.74) is 26.6. The predicted octanol–water partition coefficient (Wildman–Crippen LogP) is 23.1. The van der Waals surface area contributed by atoms with Gasteiger partial charge in [-0.15, -0.1) is 0 Å². The smallest absolute Gasteiger partial charge is 0.227 e. The molecular formula is C96H104N8O4+4. The van der Waals surface area contributed by atoms with Crippen molar-refractivity contribution in [1.29, 1.82) is 0 Å². The van der Waals surface area contributed by atoms with Gasteiger partial charge in [-0.3, -0.25) is 0 Å². The van der Waals surface area contributed by atoms with E-state index < -0.39 is 30.9 Å². The van der Waals surface area contributed by atoms with E-state index >= 15 is 0 Å². The van der Waals surface area contributed by atoms with Crippen molar-refractivity contribution in [2.24, 2.45) is 28.2 Å². The van der Waals surface area contributed by atoms with Crippen molar-refractivity contribution in [3.8, 4) is 45.0 Å². The van der Waals surface area contributed by atoms with Gasteiger partial charge in [0.2, 0.25) is 45.6 Å². The molecule has 0 bridgehead atoms. The quantitative estimate of drug-likeness (QED) is 0.117. The largest absolute Gasteiger partial charge is 0.437 e. The fourth-order valence-electron chi connectivity index (χ4n) is 15.3. The maximum absolute atomic E-state index is 9.00. The molecule has 12 nitrogen and oxygen atoms in total. The molecule has 2 aliphatic rings. The second kappa shape index (κ2) is 30.5. The van der Waals surface area contributed by atoms with Gasteiger partial charge in [-0.2, -0.15) is 0 Å². The van der Waals surface area contributed by atoms with Crippen molar-refractivity contribution in [2.45, 2.75) is 184 Å². The number of hydrogen-bond donors (Lipinski definition) is 0. The average molecular weight is 1440 g/mol. The molecule has 0 spiro atoms. The van der Waals surface area contributed by atoms with Gasteiger partial charge in [0, 0.05) is 137 Å². The summed E-state index contributed by atoms with van der Waals surface area (Å²) in [5, 5.41) is 7.97. The Morgan fingerprint density at radius 1 is 0.370 bits per heavy atom. The van der Waals surface area contributed by atoms with Gasteiger partial charge in [-0.25, -0.2) is 38.2 Å². The Labute approximate surface area is 646 Å². The highest BCUT2D eigenvalue weighted by atomic mass is 16.4. The molecule has 12 heteroatoms. The molecule has 2 saturated carbocycles. The maximum atomic E-state index is 9.00. The Morgan fingerprint density at radius 3 is 1.10 bits per heavy atom. The molecule has 16 aromatic rings. The molecule has 0 N–H and O–H groups in total. The molecule has 2 aliphatic carbocycles. The summed E-state index contributed by atoms with van der Waals surface area (Å²) in [6, 6.07) is 50.0. The minimum atomic E-state index is -2.12. The number of aromatic nitrogens is 8. The monoisotopic (exact) mass is 1440 g/mol. The van der Waals surface area contributed by atoms with Gasteiger partial charge in [0.25, 0.3) is 0 Å². The number of benzene rings is 4. The summed E-state index contributed by atoms with van der Waals surface area (Å²) in [6.45, 7) is 25.7. The highest BCUT2D eigenvalue weighted by Crippen LogP contribution is 2.44. The fraction of sp³-hybridized carbons (Fsp3) is 0.333. The molecule has 1 unspecified atom stereocenters. The second-order valence-electron chi connectivity index (χ2n) is 29.9. The molecule has 548 valence electrons. The lowest BCUT2D eigenvalue weighted by Crippen LogP contribution is -2.31. The predicted molar refractivity (Wildman–Crippen MR) is 440 cm³/mol. The lowest BCUT2D eigenvalue weighted by molar-refractivity contribution is -0.660. The molecule has 2 fully saturated rings. The van der Waals surface area contributed by atoms with E-state index in [9.17, 15) is 0 Å². The number of nitrogens with zero attached hydrogens (tertiary/aromatic N) is 8. The van der Waals surface area contributed by atoms with E-state index in [-0.39, 0.29) is 18.5 Å². The van der Waals surface area contributed by atoms with Gasteiger partial charge >= 0.3 is 0 Å². The normalized spacial score (nSPS) is 17.6. The summed E-state index contributed by atoms with van der Waals surface area (Å²) in [7, 11) is 8.22. The summed E-state index contributed by atoms with van der Waals surface area (Å²) < 4.78 is 102. The van der Waals surface area contributed by atoms with Gasteiger partial charge in [-0.05, 0) is 184 Å². The van der Waals surface area contributed by atoms with Gasteiger partial charge in [0.1, 0.15) is 28.2 Å². The Morgan fingerprint density at radius 2 is 0.713 bits per heavy atom. The van der Waals surface area contributed by atoms with Crippen molar-refractivity contribution < 1.29 is 46.9 Å². The van der Waals surface area contributed by atoms with Gasteiger partial charge in [0.15, 0.2) is 47.1 Å². The van der Waals surface area contributed by atoms with E-state index in [1.807, 2.05) is 58.4 Å². The fourth-order valence-corrected chi connectivity index (χ4v) is 15.3. The van der Waals surface area contributed by atoms with E-state index in [0.29, 0.717) is 65.9 Å². The minimum Gasteiger partial charge on any atom is -0.437 e. The van der Waals surface area contributed by atoms with Crippen LogP contribution in [0.2, 0.25) is 0 Å². The molecule has 0 amide bonds. The topological polar surface area (TPSA) is 120 Å². The van der Waals surface area contributed by atoms with Crippen molar-refractivity contribution in [2.75, 3.05) is 0 Å². The first-order valence-electron chi connectivity index (χ1n) is 42.5. The average Bonchev–Trinajstić information content (AvgIpc) is 0.912. The van der Waals surface area contributed by atoms with Gasteiger partial charge in [-0.1, -0.05) is 129 Å². The minimum absolute atomic E-state index is 0.0746. The third kappa shape index (κ3) is 14.0. The first kappa shape index (κ1) is 63.4. The molecular weight excluding hydrogens is 1330 g/mol. The molecule has 18 rings (SSSR count). The van der Waals surface area contributed by atoms with E-state index in [2.05, 4.69) is 244 Å². The summed E-state index contributed by atoms with van der Waals surface area (Å²) in [5.74, 6) is -2.48. The summed E-state index contributed by atoms with van der Waals surface area (Å²) >= 11 is 0. The third-order valence-electron chi connectivity index (χ3n) is 21.8. The van der Waals surface area contributed by atoms with E-state index in [4.69, 9.17) is 33.6 Å². The van der Waals surface area contributed by atoms with E-state index in [1.165, 1.54) is 44.8 Å². The highest BCUT2D eigenvalue weighted by Gasteiger charge is 2.29. The Kier molecular flexibility index (Phi) is 17.9. The van der Waals surface area contributed by atoms with Crippen LogP contribution in [0.15, 0.2) is 188 Å². The van der Waals surface area contributed by atoms with Gasteiger partial charge < -0.3 is 17.7 Å². The number of fused-ring (bicyclic) bond motifs is 12. The summed E-state index contributed by atoms with van der Waals surface area (Å²) in [4.78, 5) is 18.5. The van der Waals surface area contributed by atoms with Crippen molar-refractivity contribution >= 4 is 88.3 Å². The summed E-state index contributed by atoms with van der Waals surface area (Å²) in [6.07, 6.45) is 7.74. The van der Waals surface area contributed by atoms with Crippen LogP contribution in [0.25, 0.3) is 133 Å². The standard InChI is InChI=1S/C26H29N2O.C25H27N2O.C23H25N2O.C22H23N2O/c1-4-18-14-15-28(3)23(16-18)24-17(2)10-11-20-21-12-13-22(19-8-6-5-7-9-19)27-26(21)29-25(20)24;1-4-17-13-14-27(3)22(15-17)23-16(2)9-10-19-20-11-12-21(18-7-5-6-8-18)26-25(20)28-24(19)23;1-6-17-8-10-19-18-9-7-15(4)21(22(18)26-23(19)24-17)20-13-16(14(2)3)11-12-25(20)5;1-13(2)16-10-11-24(5)19(12-16)20-14(3)6-8-17-18-9-7-15(4)23-22(18)25-21(17)20/h10-16,19H,4-9H2,1-3H3;9-15,18H,4-8H2,1-3H3;7-14H,6H2,1-5H3;6-13H,1-5H3/q4*+1/i8D2,9D2,19D;7D2,18D;;. The second-order valence-corrected chi connectivity index (χ2v) is 29.9. The van der Waals surface area contributed by atoms with Crippen molar-refractivity contribution in [3.63, 3.8) is 0 Å². The Balaban J connectivity index is 0.000000122. The van der Waals surface area contributed by atoms with Crippen LogP contribution in [-0.2, 0) is 47.5 Å². The Bertz CT molecular complexity index is 6540. The van der Waals surface area contributed by atoms with Gasteiger partial charge in [0.05, 0.1) is 22.3 Å². The number of hydrogen-bond acceptors (Lipinski definition) is 8. The molecule has 108 heavy (non-hydrogen) atoms. The van der Waals surface area contributed by atoms with Crippen LogP contribution in [0.3, 0.4) is 0 Å². The lowest BCUT2D eigenvalue weighted by atomic mass is 9.86. The molecule has 12 heterocycles. The molecule has 4 aromatic carbocycles. The third-order valence-corrected chi connectivity index (χ3v) is 21.8. The number of aryl methyl sites for hydroxylation is 12. The van der Waals surface area contributed by atoms with Crippen LogP contribution in [0.1, 0.15) is 208 Å².